The van der Waals surface area contributed by atoms with Crippen molar-refractivity contribution in [3.05, 3.63) is 47.6 Å². The molecule has 13 nitrogen and oxygen atoms in total. The van der Waals surface area contributed by atoms with E-state index in [9.17, 15) is 44.4 Å². The summed E-state index contributed by atoms with van der Waals surface area (Å²) in [5, 5.41) is 43.1. The summed E-state index contributed by atoms with van der Waals surface area (Å²) in [6, 6.07) is 0. The number of ether oxygens (including phenoxy) is 4. The van der Waals surface area contributed by atoms with Crippen molar-refractivity contribution < 1.29 is 63.3 Å². The van der Waals surface area contributed by atoms with Gasteiger partial charge in [0.15, 0.2) is 46.4 Å². The number of aliphatic hydroxyl groups is 4. The molecule has 0 spiro atoms. The fraction of sp³-hybridized carbons (Fsp3) is 0.780. The van der Waals surface area contributed by atoms with E-state index in [4.69, 9.17) is 18.9 Å². The monoisotopic (exact) mass is 999 g/mol. The van der Waals surface area contributed by atoms with E-state index in [1.54, 1.807) is 38.2 Å². The van der Waals surface area contributed by atoms with Crippen LogP contribution in [0.1, 0.15) is 157 Å². The molecule has 17 atom stereocenters. The number of carbonyl (C=O) groups excluding carboxylic acids is 5. The van der Waals surface area contributed by atoms with Crippen LogP contribution < -0.4 is 0 Å². The van der Waals surface area contributed by atoms with Gasteiger partial charge in [0.05, 0.1) is 24.4 Å². The van der Waals surface area contributed by atoms with Crippen LogP contribution in [0, 0.1) is 69.0 Å². The fourth-order valence-electron chi connectivity index (χ4n) is 18.6. The Morgan fingerprint density at radius 2 is 1.11 bits per heavy atom. The van der Waals surface area contributed by atoms with E-state index in [1.165, 1.54) is 25.7 Å². The molecule has 12 rings (SSSR count). The van der Waals surface area contributed by atoms with Crippen molar-refractivity contribution in [3.8, 4) is 0 Å². The molecule has 0 aromatic heterocycles. The van der Waals surface area contributed by atoms with Gasteiger partial charge in [0.2, 0.25) is 0 Å². The van der Waals surface area contributed by atoms with E-state index >= 15 is 0 Å². The van der Waals surface area contributed by atoms with Crippen LogP contribution >= 0.6 is 0 Å². The van der Waals surface area contributed by atoms with Gasteiger partial charge in [0, 0.05) is 45.3 Å². The molecule has 72 heavy (non-hydrogen) atoms. The Morgan fingerprint density at radius 3 is 1.60 bits per heavy atom. The summed E-state index contributed by atoms with van der Waals surface area (Å²) in [7, 11) is 0. The lowest BCUT2D eigenvalue weighted by molar-refractivity contribution is -0.225. The molecule has 2 heterocycles. The highest BCUT2D eigenvalue weighted by molar-refractivity contribution is 6.02. The number of carbonyl (C=O) groups is 5. The number of fused-ring (bicyclic) bond motifs is 14. The van der Waals surface area contributed by atoms with Crippen LogP contribution in [0.5, 0.6) is 0 Å². The van der Waals surface area contributed by atoms with E-state index in [-0.39, 0.29) is 81.5 Å². The molecular formula is C59H82O13. The zero-order chi connectivity index (χ0) is 51.4. The smallest absolute Gasteiger partial charge is 0.193 e. The molecule has 10 aliphatic carbocycles. The Kier molecular flexibility index (Phi) is 13.8. The second kappa shape index (κ2) is 18.9. The van der Waals surface area contributed by atoms with Gasteiger partial charge in [-0.1, -0.05) is 89.5 Å². The second-order valence-corrected chi connectivity index (χ2v) is 25.7. The minimum atomic E-state index is -1.24. The quantitative estimate of drug-likeness (QED) is 0.190. The van der Waals surface area contributed by atoms with Crippen LogP contribution in [0.3, 0.4) is 0 Å². The lowest BCUT2D eigenvalue weighted by Gasteiger charge is -2.59. The highest BCUT2D eigenvalue weighted by atomic mass is 16.8. The maximum atomic E-state index is 13.5. The lowest BCUT2D eigenvalue weighted by Crippen LogP contribution is -2.63. The van der Waals surface area contributed by atoms with Crippen LogP contribution in [0.2, 0.25) is 0 Å². The Balaban J connectivity index is 0.000000144. The molecule has 0 amide bonds. The van der Waals surface area contributed by atoms with Crippen LogP contribution in [0.4, 0.5) is 0 Å². The summed E-state index contributed by atoms with van der Waals surface area (Å²) in [6.45, 7) is 10.9. The molecule has 4 N–H and O–H groups in total. The number of allylic oxidation sites excluding steroid dienone is 8. The van der Waals surface area contributed by atoms with Gasteiger partial charge in [-0.25, -0.2) is 0 Å². The maximum Gasteiger partial charge on any atom is 0.193 e. The van der Waals surface area contributed by atoms with Gasteiger partial charge in [-0.2, -0.15) is 0 Å². The molecule has 396 valence electrons. The molecular weight excluding hydrogens is 917 g/mol. The number of hydrogen-bond donors (Lipinski definition) is 4. The predicted octanol–water partition coefficient (Wildman–Crippen LogP) is 7.59. The van der Waals surface area contributed by atoms with Crippen molar-refractivity contribution in [3.63, 3.8) is 0 Å². The SMILES string of the molecule is CC1(C)O[C@@H]2CC3C4CCC5=CC(=O)C=CC5(C)C4[C@@H](O)CC3(C)[C@]2(C(=O)CO)O1.CC12C=CC(=O)C=C1CCC1C2[C@@H](O)CC2(C)C1C[C@H]1O[C@@H](C3CCCCC3)O[C@]12C(=O)CO.O=CC1CCCCC1. The maximum absolute atomic E-state index is 13.5. The summed E-state index contributed by atoms with van der Waals surface area (Å²) in [5.41, 5.74) is -2.15. The van der Waals surface area contributed by atoms with Gasteiger partial charge in [-0.3, -0.25) is 19.2 Å². The van der Waals surface area contributed by atoms with E-state index < -0.39 is 65.6 Å². The van der Waals surface area contributed by atoms with Crippen molar-refractivity contribution in [1.29, 1.82) is 0 Å². The number of ketones is 4. The van der Waals surface area contributed by atoms with E-state index in [2.05, 4.69) is 20.8 Å². The molecule has 8 saturated carbocycles. The van der Waals surface area contributed by atoms with Crippen molar-refractivity contribution in [1.82, 2.24) is 0 Å². The minimum Gasteiger partial charge on any atom is -0.393 e. The first-order valence-electron chi connectivity index (χ1n) is 27.9. The number of hydrogen-bond acceptors (Lipinski definition) is 13. The number of rotatable bonds is 6. The molecule has 12 aliphatic rings. The topological polar surface area (TPSA) is 203 Å². The van der Waals surface area contributed by atoms with Gasteiger partial charge in [-0.15, -0.1) is 0 Å². The molecule has 0 aromatic carbocycles. The molecule has 2 aliphatic heterocycles. The number of aldehydes is 1. The number of aliphatic hydroxyl groups excluding tert-OH is 4. The minimum absolute atomic E-state index is 0.0100. The Morgan fingerprint density at radius 1 is 0.639 bits per heavy atom. The van der Waals surface area contributed by atoms with Gasteiger partial charge in [0.25, 0.3) is 0 Å². The van der Waals surface area contributed by atoms with E-state index in [0.717, 1.165) is 88.1 Å². The fourth-order valence-corrected chi connectivity index (χ4v) is 18.6. The highest BCUT2D eigenvalue weighted by Gasteiger charge is 2.78. The van der Waals surface area contributed by atoms with Gasteiger partial charge in [0.1, 0.15) is 19.5 Å². The van der Waals surface area contributed by atoms with Crippen LogP contribution in [0.15, 0.2) is 47.6 Å². The molecule has 13 heteroatoms. The zero-order valence-electron chi connectivity index (χ0n) is 43.7. The number of Topliss-reactive ketones (excluding diaryl/α,β-unsaturated/α-hetero) is 2. The first-order chi connectivity index (χ1) is 34.2. The van der Waals surface area contributed by atoms with E-state index in [0.29, 0.717) is 25.2 Å². The van der Waals surface area contributed by atoms with Crippen molar-refractivity contribution in [2.75, 3.05) is 13.2 Å². The predicted molar refractivity (Wildman–Crippen MR) is 265 cm³/mol. The first kappa shape index (κ1) is 52.4. The summed E-state index contributed by atoms with van der Waals surface area (Å²) in [5.74, 6) is -0.180. The summed E-state index contributed by atoms with van der Waals surface area (Å²) < 4.78 is 25.8. The largest absolute Gasteiger partial charge is 0.393 e. The van der Waals surface area contributed by atoms with Crippen molar-refractivity contribution in [2.24, 2.45) is 69.0 Å². The van der Waals surface area contributed by atoms with Gasteiger partial charge in [-0.05, 0) is 139 Å². The van der Waals surface area contributed by atoms with Gasteiger partial charge < -0.3 is 44.2 Å². The molecule has 10 fully saturated rings. The third-order valence-corrected chi connectivity index (χ3v) is 21.7. The Bertz CT molecular complexity index is 2300. The molecule has 2 saturated heterocycles. The summed E-state index contributed by atoms with van der Waals surface area (Å²) in [4.78, 5) is 60.8. The molecule has 0 aromatic rings. The average molecular weight is 999 g/mol. The molecule has 10 unspecified atom stereocenters. The van der Waals surface area contributed by atoms with Crippen LogP contribution in [-0.2, 0) is 42.9 Å². The van der Waals surface area contributed by atoms with Crippen molar-refractivity contribution in [2.45, 2.75) is 205 Å². The van der Waals surface area contributed by atoms with Crippen molar-refractivity contribution >= 4 is 29.4 Å². The molecule has 0 radical (unpaired) electrons. The normalized spacial score (nSPS) is 47.5. The zero-order valence-corrected chi connectivity index (χ0v) is 43.7. The molecule has 0 bridgehead atoms. The third-order valence-electron chi connectivity index (χ3n) is 21.7. The second-order valence-electron chi connectivity index (χ2n) is 25.7. The third kappa shape index (κ3) is 7.83. The Hall–Kier alpha value is -3.01. The summed E-state index contributed by atoms with van der Waals surface area (Å²) >= 11 is 0. The lowest BCUT2D eigenvalue weighted by atomic mass is 9.46. The Labute approximate surface area is 426 Å². The van der Waals surface area contributed by atoms with Crippen LogP contribution in [0.25, 0.3) is 0 Å². The highest BCUT2D eigenvalue weighted by Crippen LogP contribution is 2.72. The van der Waals surface area contributed by atoms with E-state index in [1.807, 2.05) is 19.1 Å². The average Bonchev–Trinajstić information content (AvgIpc) is 4.03. The van der Waals surface area contributed by atoms with Crippen LogP contribution in [-0.4, -0.2) is 111 Å². The summed E-state index contributed by atoms with van der Waals surface area (Å²) in [6.07, 6.45) is 26.8. The van der Waals surface area contributed by atoms with Gasteiger partial charge >= 0.3 is 0 Å². The standard InChI is InChI=1S/C28H38O6.C24H32O6.C7H12O/c1-26-11-10-18(30)12-17(26)8-9-19-20-13-23-28(22(32)15-29,27(20,2)14-21(31)24(19)26)34-25(33-23)16-6-4-3-5-7-16;1-21(2)29-19-10-16-15-6-5-13-9-14(26)7-8-22(13,3)20(15)17(27)11-23(16,4)24(19,30-21)18(28)12-25;8-6-7-4-2-1-3-5-7/h10-12,16,19-21,23-25,29,31H,3-9,13-15H2,1-2H3;7-9,15-17,19-20,25,27H,5-6,10-12H2,1-4H3;6-7H,1-5H2/t19?,20?,21-,23+,24?,25+,26?,27?,28+;15?,16?,17-,19+,20?,22?,23?,24+;/m00./s1. The first-order valence-corrected chi connectivity index (χ1v) is 27.9.